The lowest BCUT2D eigenvalue weighted by Crippen LogP contribution is -2.23. The van der Waals surface area contributed by atoms with Crippen LogP contribution in [0.2, 0.25) is 0 Å². The fourth-order valence-corrected chi connectivity index (χ4v) is 1.89. The number of benzene rings is 1. The van der Waals surface area contributed by atoms with E-state index in [4.69, 9.17) is 4.74 Å². The fraction of sp³-hybridized carbons (Fsp3) is 0.538. The van der Waals surface area contributed by atoms with Gasteiger partial charge in [0.05, 0.1) is 6.61 Å². The first kappa shape index (κ1) is 16.2. The fourth-order valence-electron chi connectivity index (χ4n) is 1.49. The third kappa shape index (κ3) is 7.32. The van der Waals surface area contributed by atoms with E-state index in [-0.39, 0.29) is 24.1 Å². The Hall–Kier alpha value is -0.880. The first-order valence-corrected chi connectivity index (χ1v) is 6.99. The quantitative estimate of drug-likeness (QED) is 0.778. The summed E-state index contributed by atoms with van der Waals surface area (Å²) in [6.07, 6.45) is 0.903. The van der Waals surface area contributed by atoms with Gasteiger partial charge < -0.3 is 10.1 Å². The minimum Gasteiger partial charge on any atom is -0.493 e. The molecular formula is C13H18F3NOS. The van der Waals surface area contributed by atoms with Gasteiger partial charge in [-0.3, -0.25) is 0 Å². The number of alkyl halides is 3. The van der Waals surface area contributed by atoms with Crippen molar-refractivity contribution in [3.63, 3.8) is 0 Å². The van der Waals surface area contributed by atoms with Gasteiger partial charge in [-0.25, -0.2) is 0 Å². The number of likely N-dealkylation sites (N-methyl/N-ethyl adjacent to an activating group) is 1. The molecule has 19 heavy (non-hydrogen) atoms. The second-order valence-electron chi connectivity index (χ2n) is 4.18. The molecule has 108 valence electrons. The van der Waals surface area contributed by atoms with Gasteiger partial charge in [-0.05, 0) is 49.9 Å². The van der Waals surface area contributed by atoms with E-state index >= 15 is 0 Å². The van der Waals surface area contributed by atoms with Gasteiger partial charge in [-0.2, -0.15) is 13.2 Å². The molecule has 1 rings (SSSR count). The molecule has 0 aliphatic carbocycles. The lowest BCUT2D eigenvalue weighted by atomic mass is 10.1. The lowest BCUT2D eigenvalue weighted by molar-refractivity contribution is -0.0329. The maximum atomic E-state index is 11.9. The zero-order chi connectivity index (χ0) is 14.3. The molecule has 0 amide bonds. The van der Waals surface area contributed by atoms with Crippen molar-refractivity contribution in [1.82, 2.24) is 5.32 Å². The van der Waals surface area contributed by atoms with Gasteiger partial charge in [0.2, 0.25) is 0 Å². The molecule has 0 aromatic heterocycles. The Balaban J connectivity index is 2.32. The molecule has 0 saturated carbocycles. The van der Waals surface area contributed by atoms with E-state index in [0.29, 0.717) is 11.8 Å². The summed E-state index contributed by atoms with van der Waals surface area (Å²) in [6.45, 7) is 2.13. The van der Waals surface area contributed by atoms with Gasteiger partial charge in [0.15, 0.2) is 0 Å². The molecule has 0 aliphatic heterocycles. The monoisotopic (exact) mass is 293 g/mol. The molecule has 6 heteroatoms. The zero-order valence-corrected chi connectivity index (χ0v) is 11.8. The molecular weight excluding hydrogens is 275 g/mol. The highest BCUT2D eigenvalue weighted by Crippen LogP contribution is 2.29. The van der Waals surface area contributed by atoms with Crippen molar-refractivity contribution in [3.05, 3.63) is 29.8 Å². The van der Waals surface area contributed by atoms with Gasteiger partial charge in [0, 0.05) is 11.8 Å². The van der Waals surface area contributed by atoms with Crippen molar-refractivity contribution in [2.24, 2.45) is 0 Å². The molecule has 2 nitrogen and oxygen atoms in total. The van der Waals surface area contributed by atoms with Crippen molar-refractivity contribution in [2.75, 3.05) is 19.4 Å². The van der Waals surface area contributed by atoms with E-state index in [1.165, 1.54) is 5.56 Å². The van der Waals surface area contributed by atoms with E-state index < -0.39 is 5.51 Å². The number of hydrogen-bond acceptors (Lipinski definition) is 3. The first-order valence-electron chi connectivity index (χ1n) is 6.00. The number of thioether (sulfide) groups is 1. The predicted octanol–water partition coefficient (Wildman–Crippen LogP) is 3.47. The average molecular weight is 293 g/mol. The predicted molar refractivity (Wildman–Crippen MR) is 72.7 cm³/mol. The molecule has 1 aromatic rings. The molecule has 0 aliphatic rings. The summed E-state index contributed by atoms with van der Waals surface area (Å²) in [7, 11) is 1.90. The van der Waals surface area contributed by atoms with E-state index in [0.717, 1.165) is 6.42 Å². The Bertz CT molecular complexity index is 367. The maximum absolute atomic E-state index is 11.9. The Morgan fingerprint density at radius 1 is 1.26 bits per heavy atom. The van der Waals surface area contributed by atoms with E-state index in [1.807, 2.05) is 19.2 Å². The van der Waals surface area contributed by atoms with Gasteiger partial charge >= 0.3 is 5.51 Å². The van der Waals surface area contributed by atoms with Crippen molar-refractivity contribution in [1.29, 1.82) is 0 Å². The third-order valence-electron chi connectivity index (χ3n) is 2.58. The molecule has 1 N–H and O–H groups in total. The first-order chi connectivity index (χ1) is 8.90. The largest absolute Gasteiger partial charge is 0.493 e. The van der Waals surface area contributed by atoms with Crippen LogP contribution in [-0.2, 0) is 6.42 Å². The van der Waals surface area contributed by atoms with Crippen LogP contribution in [0.15, 0.2) is 24.3 Å². The van der Waals surface area contributed by atoms with Gasteiger partial charge in [-0.15, -0.1) is 0 Å². The number of ether oxygens (including phenoxy) is 1. The molecule has 1 unspecified atom stereocenters. The Labute approximate surface area is 115 Å². The highest BCUT2D eigenvalue weighted by atomic mass is 32.2. The topological polar surface area (TPSA) is 21.3 Å². The van der Waals surface area contributed by atoms with Gasteiger partial charge in [-0.1, -0.05) is 12.1 Å². The number of hydrogen-bond donors (Lipinski definition) is 1. The molecule has 1 aromatic carbocycles. The lowest BCUT2D eigenvalue weighted by Gasteiger charge is -2.11. The average Bonchev–Trinajstić information content (AvgIpc) is 2.35. The van der Waals surface area contributed by atoms with Gasteiger partial charge in [0.1, 0.15) is 5.75 Å². The highest BCUT2D eigenvalue weighted by Gasteiger charge is 2.27. The summed E-state index contributed by atoms with van der Waals surface area (Å²) in [5.74, 6) is 0.505. The van der Waals surface area contributed by atoms with Crippen LogP contribution in [0.1, 0.15) is 12.5 Å². The van der Waals surface area contributed by atoms with Crippen molar-refractivity contribution >= 4 is 11.8 Å². The van der Waals surface area contributed by atoms with Crippen LogP contribution in [0.4, 0.5) is 13.2 Å². The molecule has 1 atom stereocenters. The SMILES string of the molecule is CNC(C)Cc1ccc(OCCSC(F)(F)F)cc1. The summed E-state index contributed by atoms with van der Waals surface area (Å²) >= 11 is -0.0659. The molecule has 0 saturated heterocycles. The summed E-state index contributed by atoms with van der Waals surface area (Å²) in [5.41, 5.74) is -3.02. The van der Waals surface area contributed by atoms with Crippen molar-refractivity contribution in [3.8, 4) is 5.75 Å². The molecule has 0 radical (unpaired) electrons. The van der Waals surface area contributed by atoms with E-state index in [2.05, 4.69) is 12.2 Å². The second kappa shape index (κ2) is 7.65. The Morgan fingerprint density at radius 3 is 2.42 bits per heavy atom. The van der Waals surface area contributed by atoms with E-state index in [1.54, 1.807) is 12.1 Å². The zero-order valence-electron chi connectivity index (χ0n) is 11.0. The maximum Gasteiger partial charge on any atom is 0.441 e. The Morgan fingerprint density at radius 2 is 1.89 bits per heavy atom. The number of rotatable bonds is 7. The summed E-state index contributed by atoms with van der Waals surface area (Å²) in [5, 5.41) is 3.14. The van der Waals surface area contributed by atoms with Crippen LogP contribution in [0.25, 0.3) is 0 Å². The van der Waals surface area contributed by atoms with Crippen molar-refractivity contribution in [2.45, 2.75) is 24.9 Å². The smallest absolute Gasteiger partial charge is 0.441 e. The summed E-state index contributed by atoms with van der Waals surface area (Å²) < 4.78 is 40.9. The van der Waals surface area contributed by atoms with Crippen LogP contribution in [-0.4, -0.2) is 31.0 Å². The van der Waals surface area contributed by atoms with Crippen LogP contribution >= 0.6 is 11.8 Å². The summed E-state index contributed by atoms with van der Waals surface area (Å²) in [4.78, 5) is 0. The second-order valence-corrected chi connectivity index (χ2v) is 5.34. The molecule has 0 heterocycles. The molecule has 0 bridgehead atoms. The minimum absolute atomic E-state index is 0.0520. The number of nitrogens with one attached hydrogen (secondary N) is 1. The third-order valence-corrected chi connectivity index (χ3v) is 3.27. The molecule has 0 fully saturated rings. The normalized spacial score (nSPS) is 13.3. The highest BCUT2D eigenvalue weighted by molar-refractivity contribution is 8.00. The number of halogens is 3. The van der Waals surface area contributed by atoms with Crippen LogP contribution in [0.3, 0.4) is 0 Å². The van der Waals surface area contributed by atoms with Crippen LogP contribution < -0.4 is 10.1 Å². The standard InChI is InChI=1S/C13H18F3NOS/c1-10(17-2)9-11-3-5-12(6-4-11)18-7-8-19-13(14,15)16/h3-6,10,17H,7-9H2,1-2H3. The summed E-state index contributed by atoms with van der Waals surface area (Å²) in [6, 6.07) is 7.82. The minimum atomic E-state index is -4.18. The van der Waals surface area contributed by atoms with Crippen LogP contribution in [0, 0.1) is 0 Å². The Kier molecular flexibility index (Phi) is 6.51. The molecule has 0 spiro atoms. The van der Waals surface area contributed by atoms with Crippen LogP contribution in [0.5, 0.6) is 5.75 Å². The van der Waals surface area contributed by atoms with Gasteiger partial charge in [0.25, 0.3) is 0 Å². The van der Waals surface area contributed by atoms with E-state index in [9.17, 15) is 13.2 Å². The van der Waals surface area contributed by atoms with Crippen molar-refractivity contribution < 1.29 is 17.9 Å².